The Morgan fingerprint density at radius 2 is 1.55 bits per heavy atom. The van der Waals surface area contributed by atoms with Crippen LogP contribution in [0.5, 0.6) is 0 Å². The molecular weight excluding hydrogens is 373 g/mol. The highest BCUT2D eigenvalue weighted by molar-refractivity contribution is 5.99. The van der Waals surface area contributed by atoms with Crippen molar-refractivity contribution in [2.24, 2.45) is 0 Å². The number of hydroxylamine groups is 1. The first kappa shape index (κ1) is 20.0. The van der Waals surface area contributed by atoms with Crippen molar-refractivity contribution in [2.75, 3.05) is 5.32 Å². The average Bonchev–Trinajstić information content (AvgIpc) is 2.78. The molecule has 0 unspecified atom stereocenters. The Bertz CT molecular complexity index is 980. The molecule has 0 radical (unpaired) electrons. The van der Waals surface area contributed by atoms with Crippen LogP contribution in [-0.4, -0.2) is 11.8 Å². The van der Waals surface area contributed by atoms with Crippen LogP contribution >= 0.6 is 0 Å². The van der Waals surface area contributed by atoms with Crippen molar-refractivity contribution in [3.05, 3.63) is 101 Å². The summed E-state index contributed by atoms with van der Waals surface area (Å²) in [5.74, 6) is -1.18. The van der Waals surface area contributed by atoms with Crippen molar-refractivity contribution in [3.63, 3.8) is 0 Å². The van der Waals surface area contributed by atoms with Gasteiger partial charge < -0.3 is 5.32 Å². The van der Waals surface area contributed by atoms with E-state index in [9.17, 15) is 14.1 Å². The molecule has 0 bridgehead atoms. The summed E-state index contributed by atoms with van der Waals surface area (Å²) in [6, 6.07) is 23.1. The number of anilines is 1. The minimum Gasteiger partial charge on any atom is -0.380 e. The third kappa shape index (κ3) is 5.63. The number of para-hydroxylation sites is 1. The SMILES string of the molecule is O=C(NF)c1cccc(CNc2ccccc2C(=O)NOCc2ccccc2)c1. The number of amides is 2. The van der Waals surface area contributed by atoms with Gasteiger partial charge >= 0.3 is 0 Å². The molecule has 7 heteroatoms. The molecule has 0 saturated heterocycles. The zero-order valence-electron chi connectivity index (χ0n) is 15.5. The summed E-state index contributed by atoms with van der Waals surface area (Å²) in [5, 5.41) is 3.16. The van der Waals surface area contributed by atoms with Gasteiger partial charge in [0.2, 0.25) is 0 Å². The van der Waals surface area contributed by atoms with Crippen LogP contribution in [0.15, 0.2) is 78.9 Å². The molecule has 2 amide bonds. The lowest BCUT2D eigenvalue weighted by Gasteiger charge is -2.13. The summed E-state index contributed by atoms with van der Waals surface area (Å²) in [4.78, 5) is 29.2. The monoisotopic (exact) mass is 393 g/mol. The number of carbonyl (C=O) groups is 2. The summed E-state index contributed by atoms with van der Waals surface area (Å²) in [6.07, 6.45) is 0. The predicted molar refractivity (Wildman–Crippen MR) is 107 cm³/mol. The fourth-order valence-corrected chi connectivity index (χ4v) is 2.72. The molecule has 0 aromatic heterocycles. The second kappa shape index (κ2) is 10.0. The van der Waals surface area contributed by atoms with Crippen molar-refractivity contribution < 1.29 is 18.9 Å². The molecule has 3 N–H and O–H groups in total. The molecule has 3 aromatic rings. The molecule has 0 aliphatic carbocycles. The van der Waals surface area contributed by atoms with E-state index >= 15 is 0 Å². The molecule has 0 spiro atoms. The number of benzene rings is 3. The van der Waals surface area contributed by atoms with Crippen molar-refractivity contribution in [1.29, 1.82) is 0 Å². The summed E-state index contributed by atoms with van der Waals surface area (Å²) in [5.41, 5.74) is 6.50. The van der Waals surface area contributed by atoms with Crippen LogP contribution in [0, 0.1) is 0 Å². The highest BCUT2D eigenvalue weighted by atomic mass is 19.2. The van der Waals surface area contributed by atoms with E-state index < -0.39 is 5.91 Å². The van der Waals surface area contributed by atoms with Crippen LogP contribution in [0.4, 0.5) is 10.2 Å². The van der Waals surface area contributed by atoms with Gasteiger partial charge in [-0.3, -0.25) is 14.4 Å². The van der Waals surface area contributed by atoms with Crippen LogP contribution < -0.4 is 16.3 Å². The summed E-state index contributed by atoms with van der Waals surface area (Å²) in [6.45, 7) is 0.605. The number of nitrogens with one attached hydrogen (secondary N) is 3. The van der Waals surface area contributed by atoms with Crippen molar-refractivity contribution in [2.45, 2.75) is 13.2 Å². The number of hydrogen-bond donors (Lipinski definition) is 3. The average molecular weight is 393 g/mol. The van der Waals surface area contributed by atoms with E-state index in [0.29, 0.717) is 17.8 Å². The molecule has 0 aliphatic rings. The number of carbonyl (C=O) groups excluding carboxylic acids is 2. The first-order valence-electron chi connectivity index (χ1n) is 8.96. The number of halogens is 1. The molecule has 6 nitrogen and oxygen atoms in total. The fraction of sp³-hybridized carbons (Fsp3) is 0.0909. The van der Waals surface area contributed by atoms with Gasteiger partial charge in [-0.2, -0.15) is 5.54 Å². The Hall–Kier alpha value is -3.71. The third-order valence-corrected chi connectivity index (χ3v) is 4.18. The van der Waals surface area contributed by atoms with Gasteiger partial charge in [-0.05, 0) is 35.4 Å². The Labute approximate surface area is 167 Å². The van der Waals surface area contributed by atoms with E-state index in [1.807, 2.05) is 30.3 Å². The van der Waals surface area contributed by atoms with E-state index in [2.05, 4.69) is 10.8 Å². The molecule has 3 aromatic carbocycles. The molecule has 0 saturated carbocycles. The minimum atomic E-state index is -0.804. The van der Waals surface area contributed by atoms with Gasteiger partial charge in [-0.1, -0.05) is 59.1 Å². The molecule has 148 valence electrons. The van der Waals surface area contributed by atoms with Gasteiger partial charge in [0.25, 0.3) is 11.8 Å². The van der Waals surface area contributed by atoms with Gasteiger partial charge in [-0.25, -0.2) is 5.48 Å². The smallest absolute Gasteiger partial charge is 0.278 e. The topological polar surface area (TPSA) is 79.5 Å². The number of hydrogen-bond acceptors (Lipinski definition) is 4. The predicted octanol–water partition coefficient (Wildman–Crippen LogP) is 3.77. The maximum atomic E-state index is 12.5. The second-order valence-corrected chi connectivity index (χ2v) is 6.23. The quantitative estimate of drug-likeness (QED) is 0.402. The highest BCUT2D eigenvalue weighted by Crippen LogP contribution is 2.17. The van der Waals surface area contributed by atoms with Gasteiger partial charge in [0.05, 0.1) is 12.2 Å². The highest BCUT2D eigenvalue weighted by Gasteiger charge is 2.11. The lowest BCUT2D eigenvalue weighted by atomic mass is 10.1. The molecule has 29 heavy (non-hydrogen) atoms. The molecule has 3 rings (SSSR count). The van der Waals surface area contributed by atoms with Crippen molar-refractivity contribution in [1.82, 2.24) is 11.0 Å². The lowest BCUT2D eigenvalue weighted by molar-refractivity contribution is 0.0234. The largest absolute Gasteiger partial charge is 0.380 e. The standard InChI is InChI=1S/C22H20FN3O3/c23-25-21(27)18-10-6-9-17(13-18)14-24-20-12-5-4-11-19(20)22(28)26-29-15-16-7-2-1-3-8-16/h1-13,24H,14-15H2,(H,25,27)(H,26,28). The van der Waals surface area contributed by atoms with Gasteiger partial charge in [-0.15, -0.1) is 0 Å². The maximum Gasteiger partial charge on any atom is 0.278 e. The minimum absolute atomic E-state index is 0.215. The van der Waals surface area contributed by atoms with E-state index in [0.717, 1.165) is 16.7 Å². The van der Waals surface area contributed by atoms with Crippen LogP contribution in [0.25, 0.3) is 0 Å². The first-order valence-corrected chi connectivity index (χ1v) is 8.96. The summed E-state index contributed by atoms with van der Waals surface area (Å²) in [7, 11) is 0. The molecule has 0 aliphatic heterocycles. The zero-order valence-corrected chi connectivity index (χ0v) is 15.5. The Morgan fingerprint density at radius 3 is 2.34 bits per heavy atom. The van der Waals surface area contributed by atoms with E-state index in [1.54, 1.807) is 42.5 Å². The molecule has 0 atom stereocenters. The summed E-state index contributed by atoms with van der Waals surface area (Å²) < 4.78 is 12.3. The molecular formula is C22H20FN3O3. The van der Waals surface area contributed by atoms with Gasteiger partial charge in [0, 0.05) is 17.8 Å². The Balaban J connectivity index is 1.61. The second-order valence-electron chi connectivity index (χ2n) is 6.23. The van der Waals surface area contributed by atoms with E-state index in [1.165, 1.54) is 6.07 Å². The van der Waals surface area contributed by atoms with Gasteiger partial charge in [0.15, 0.2) is 0 Å². The third-order valence-electron chi connectivity index (χ3n) is 4.18. The van der Waals surface area contributed by atoms with Crippen LogP contribution in [-0.2, 0) is 18.0 Å². The Morgan fingerprint density at radius 1 is 0.828 bits per heavy atom. The first-order chi connectivity index (χ1) is 14.2. The van der Waals surface area contributed by atoms with E-state index in [-0.39, 0.29) is 18.1 Å². The Kier molecular flexibility index (Phi) is 6.91. The fourth-order valence-electron chi connectivity index (χ4n) is 2.72. The van der Waals surface area contributed by atoms with E-state index in [4.69, 9.17) is 4.84 Å². The molecule has 0 heterocycles. The zero-order chi connectivity index (χ0) is 20.5. The molecule has 0 fully saturated rings. The maximum absolute atomic E-state index is 12.5. The van der Waals surface area contributed by atoms with Crippen molar-refractivity contribution in [3.8, 4) is 0 Å². The lowest BCUT2D eigenvalue weighted by Crippen LogP contribution is -2.24. The van der Waals surface area contributed by atoms with Crippen LogP contribution in [0.1, 0.15) is 31.8 Å². The van der Waals surface area contributed by atoms with Crippen molar-refractivity contribution >= 4 is 17.5 Å². The number of rotatable bonds is 8. The normalized spacial score (nSPS) is 10.2. The van der Waals surface area contributed by atoms with Gasteiger partial charge in [0.1, 0.15) is 0 Å². The van der Waals surface area contributed by atoms with Crippen LogP contribution in [0.3, 0.4) is 0 Å². The summed E-state index contributed by atoms with van der Waals surface area (Å²) >= 11 is 0. The van der Waals surface area contributed by atoms with Crippen LogP contribution in [0.2, 0.25) is 0 Å².